The van der Waals surface area contributed by atoms with E-state index in [9.17, 15) is 0 Å². The van der Waals surface area contributed by atoms with Gasteiger partial charge in [-0.25, -0.2) is 0 Å². The third-order valence-electron chi connectivity index (χ3n) is 3.78. The molecule has 2 N–H and O–H groups in total. The quantitative estimate of drug-likeness (QED) is 0.820. The molecule has 3 heteroatoms. The number of likely N-dealkylation sites (N-methyl/N-ethyl adjacent to an activating group) is 2. The van der Waals surface area contributed by atoms with Gasteiger partial charge in [-0.1, -0.05) is 24.3 Å². The fourth-order valence-corrected chi connectivity index (χ4v) is 2.69. The SMILES string of the molecule is CNC(c1ccccc1C)C1CNCCN1C. The Bertz CT molecular complexity index is 364. The zero-order chi connectivity index (χ0) is 12.3. The van der Waals surface area contributed by atoms with Crippen LogP contribution in [-0.2, 0) is 0 Å². The minimum Gasteiger partial charge on any atom is -0.314 e. The number of piperazine rings is 1. The molecule has 2 atom stereocenters. The van der Waals surface area contributed by atoms with Crippen LogP contribution in [0.25, 0.3) is 0 Å². The monoisotopic (exact) mass is 233 g/mol. The summed E-state index contributed by atoms with van der Waals surface area (Å²) >= 11 is 0. The normalized spacial score (nSPS) is 23.6. The van der Waals surface area contributed by atoms with Gasteiger partial charge in [0.2, 0.25) is 0 Å². The highest BCUT2D eigenvalue weighted by molar-refractivity contribution is 5.30. The first-order chi connectivity index (χ1) is 8.24. The molecule has 0 aromatic heterocycles. The molecule has 1 aliphatic rings. The van der Waals surface area contributed by atoms with Gasteiger partial charge in [-0.15, -0.1) is 0 Å². The summed E-state index contributed by atoms with van der Waals surface area (Å²) in [5.74, 6) is 0. The van der Waals surface area contributed by atoms with Gasteiger partial charge in [0, 0.05) is 31.7 Å². The van der Waals surface area contributed by atoms with Gasteiger partial charge < -0.3 is 10.6 Å². The number of rotatable bonds is 3. The number of hydrogen-bond acceptors (Lipinski definition) is 3. The van der Waals surface area contributed by atoms with Crippen LogP contribution < -0.4 is 10.6 Å². The predicted molar refractivity (Wildman–Crippen MR) is 72.3 cm³/mol. The summed E-state index contributed by atoms with van der Waals surface area (Å²) in [6.07, 6.45) is 0. The molecule has 1 aromatic carbocycles. The summed E-state index contributed by atoms with van der Waals surface area (Å²) in [4.78, 5) is 2.45. The molecule has 1 heterocycles. The lowest BCUT2D eigenvalue weighted by atomic mass is 9.93. The molecule has 0 radical (unpaired) electrons. The van der Waals surface area contributed by atoms with Crippen molar-refractivity contribution in [1.82, 2.24) is 15.5 Å². The van der Waals surface area contributed by atoms with Crippen LogP contribution in [0.3, 0.4) is 0 Å². The van der Waals surface area contributed by atoms with Crippen molar-refractivity contribution in [2.45, 2.75) is 19.0 Å². The molecule has 1 aliphatic heterocycles. The highest BCUT2D eigenvalue weighted by atomic mass is 15.2. The van der Waals surface area contributed by atoms with Gasteiger partial charge in [0.1, 0.15) is 0 Å². The fraction of sp³-hybridized carbons (Fsp3) is 0.571. The van der Waals surface area contributed by atoms with Gasteiger partial charge >= 0.3 is 0 Å². The first kappa shape index (κ1) is 12.6. The van der Waals surface area contributed by atoms with Crippen molar-refractivity contribution in [2.75, 3.05) is 33.7 Å². The molecule has 0 amide bonds. The maximum Gasteiger partial charge on any atom is 0.0490 e. The lowest BCUT2D eigenvalue weighted by Crippen LogP contribution is -2.54. The van der Waals surface area contributed by atoms with Crippen LogP contribution in [0, 0.1) is 6.92 Å². The number of aryl methyl sites for hydroxylation is 1. The Hall–Kier alpha value is -0.900. The Morgan fingerprint density at radius 2 is 2.18 bits per heavy atom. The first-order valence-corrected chi connectivity index (χ1v) is 6.38. The molecule has 0 spiro atoms. The van der Waals surface area contributed by atoms with Gasteiger partial charge in [-0.3, -0.25) is 4.90 Å². The van der Waals surface area contributed by atoms with E-state index < -0.39 is 0 Å². The van der Waals surface area contributed by atoms with E-state index in [0.29, 0.717) is 12.1 Å². The molecule has 2 unspecified atom stereocenters. The smallest absolute Gasteiger partial charge is 0.0490 e. The molecule has 94 valence electrons. The van der Waals surface area contributed by atoms with E-state index in [1.807, 2.05) is 0 Å². The van der Waals surface area contributed by atoms with Gasteiger partial charge in [-0.2, -0.15) is 0 Å². The summed E-state index contributed by atoms with van der Waals surface area (Å²) in [7, 11) is 4.27. The number of hydrogen-bond donors (Lipinski definition) is 2. The summed E-state index contributed by atoms with van der Waals surface area (Å²) in [6.45, 7) is 5.46. The van der Waals surface area contributed by atoms with Crippen LogP contribution in [0.15, 0.2) is 24.3 Å². The van der Waals surface area contributed by atoms with E-state index >= 15 is 0 Å². The van der Waals surface area contributed by atoms with Crippen molar-refractivity contribution >= 4 is 0 Å². The van der Waals surface area contributed by atoms with E-state index in [0.717, 1.165) is 19.6 Å². The van der Waals surface area contributed by atoms with Crippen LogP contribution in [-0.4, -0.2) is 44.7 Å². The van der Waals surface area contributed by atoms with Crippen LogP contribution in [0.2, 0.25) is 0 Å². The van der Waals surface area contributed by atoms with Gasteiger partial charge in [0.05, 0.1) is 0 Å². The van der Waals surface area contributed by atoms with Crippen LogP contribution in [0.5, 0.6) is 0 Å². The largest absolute Gasteiger partial charge is 0.314 e. The Labute approximate surface area is 104 Å². The average Bonchev–Trinajstić information content (AvgIpc) is 2.34. The average molecular weight is 233 g/mol. The van der Waals surface area contributed by atoms with Gasteiger partial charge in [-0.05, 0) is 32.1 Å². The maximum absolute atomic E-state index is 3.49. The van der Waals surface area contributed by atoms with E-state index in [1.54, 1.807) is 0 Å². The van der Waals surface area contributed by atoms with Gasteiger partial charge in [0.15, 0.2) is 0 Å². The van der Waals surface area contributed by atoms with E-state index in [4.69, 9.17) is 0 Å². The van der Waals surface area contributed by atoms with Crippen molar-refractivity contribution in [1.29, 1.82) is 0 Å². The lowest BCUT2D eigenvalue weighted by molar-refractivity contribution is 0.161. The zero-order valence-corrected chi connectivity index (χ0v) is 11.0. The second kappa shape index (κ2) is 5.63. The van der Waals surface area contributed by atoms with Gasteiger partial charge in [0.25, 0.3) is 0 Å². The molecular formula is C14H23N3. The van der Waals surface area contributed by atoms with E-state index in [-0.39, 0.29) is 0 Å². The summed E-state index contributed by atoms with van der Waals surface area (Å²) in [6, 6.07) is 9.58. The van der Waals surface area contributed by atoms with Crippen molar-refractivity contribution in [2.24, 2.45) is 0 Å². The molecule has 0 aliphatic carbocycles. The molecule has 0 bridgehead atoms. The molecular weight excluding hydrogens is 210 g/mol. The minimum absolute atomic E-state index is 0.397. The molecule has 17 heavy (non-hydrogen) atoms. The molecule has 2 rings (SSSR count). The second-order valence-corrected chi connectivity index (χ2v) is 4.88. The highest BCUT2D eigenvalue weighted by Gasteiger charge is 2.28. The molecule has 0 saturated carbocycles. The maximum atomic E-state index is 3.49. The number of nitrogens with zero attached hydrogens (tertiary/aromatic N) is 1. The highest BCUT2D eigenvalue weighted by Crippen LogP contribution is 2.23. The number of nitrogens with one attached hydrogen (secondary N) is 2. The Morgan fingerprint density at radius 1 is 1.41 bits per heavy atom. The topological polar surface area (TPSA) is 27.3 Å². The first-order valence-electron chi connectivity index (χ1n) is 6.38. The predicted octanol–water partition coefficient (Wildman–Crippen LogP) is 1.16. The zero-order valence-electron chi connectivity index (χ0n) is 11.0. The Morgan fingerprint density at radius 3 is 2.82 bits per heavy atom. The molecule has 1 saturated heterocycles. The summed E-state index contributed by atoms with van der Waals surface area (Å²) < 4.78 is 0. The minimum atomic E-state index is 0.397. The van der Waals surface area contributed by atoms with E-state index in [1.165, 1.54) is 11.1 Å². The van der Waals surface area contributed by atoms with E-state index in [2.05, 4.69) is 60.8 Å². The van der Waals surface area contributed by atoms with Crippen molar-refractivity contribution in [3.63, 3.8) is 0 Å². The third kappa shape index (κ3) is 2.68. The van der Waals surface area contributed by atoms with Crippen molar-refractivity contribution in [3.8, 4) is 0 Å². The van der Waals surface area contributed by atoms with Crippen LogP contribution >= 0.6 is 0 Å². The van der Waals surface area contributed by atoms with Crippen molar-refractivity contribution in [3.05, 3.63) is 35.4 Å². The number of benzene rings is 1. The second-order valence-electron chi connectivity index (χ2n) is 4.88. The summed E-state index contributed by atoms with van der Waals surface area (Å²) in [5, 5.41) is 6.97. The Kier molecular flexibility index (Phi) is 4.15. The van der Waals surface area contributed by atoms with Crippen LogP contribution in [0.4, 0.5) is 0 Å². The summed E-state index contributed by atoms with van der Waals surface area (Å²) in [5.41, 5.74) is 2.78. The molecule has 3 nitrogen and oxygen atoms in total. The lowest BCUT2D eigenvalue weighted by Gasteiger charge is -2.39. The molecule has 1 fully saturated rings. The standard InChI is InChI=1S/C14H23N3/c1-11-6-4-5-7-12(11)14(15-2)13-10-16-8-9-17(13)3/h4-7,13-16H,8-10H2,1-3H3. The Balaban J connectivity index is 2.23. The molecule has 1 aromatic rings. The fourth-order valence-electron chi connectivity index (χ4n) is 2.69. The van der Waals surface area contributed by atoms with Crippen LogP contribution in [0.1, 0.15) is 17.2 Å². The third-order valence-corrected chi connectivity index (χ3v) is 3.78. The van der Waals surface area contributed by atoms with Crippen molar-refractivity contribution < 1.29 is 0 Å².